The minimum Gasteiger partial charge on any atom is -0.326 e. The van der Waals surface area contributed by atoms with Gasteiger partial charge in [0.05, 0.1) is 5.52 Å². The molecule has 4 heteroatoms. The molecular weight excluding hydrogens is 288 g/mol. The number of anilines is 1. The highest BCUT2D eigenvalue weighted by Gasteiger charge is 2.05. The summed E-state index contributed by atoms with van der Waals surface area (Å²) in [6, 6.07) is 17.0. The van der Waals surface area contributed by atoms with Crippen LogP contribution in [0.2, 0.25) is 0 Å². The molecule has 0 unspecified atom stereocenters. The second-order valence-electron chi connectivity index (χ2n) is 5.61. The van der Waals surface area contributed by atoms with Gasteiger partial charge in [-0.05, 0) is 36.6 Å². The summed E-state index contributed by atoms with van der Waals surface area (Å²) in [5.74, 6) is -0.0387. The van der Waals surface area contributed by atoms with Gasteiger partial charge in [-0.25, -0.2) is 0 Å². The molecule has 0 aliphatic carbocycles. The van der Waals surface area contributed by atoms with Crippen LogP contribution >= 0.6 is 0 Å². The van der Waals surface area contributed by atoms with E-state index in [0.717, 1.165) is 22.0 Å². The molecule has 0 spiro atoms. The molecule has 1 amide bonds. The number of H-pyrrole nitrogens is 1. The van der Waals surface area contributed by atoms with E-state index < -0.39 is 0 Å². The summed E-state index contributed by atoms with van der Waals surface area (Å²) in [5, 5.41) is 3.86. The van der Waals surface area contributed by atoms with Crippen LogP contribution in [-0.2, 0) is 11.2 Å². The Bertz CT molecular complexity index is 898. The topological polar surface area (TPSA) is 62.0 Å². The Morgan fingerprint density at radius 3 is 2.65 bits per heavy atom. The molecule has 0 atom stereocenters. The molecule has 1 aromatic heterocycles. The van der Waals surface area contributed by atoms with Crippen molar-refractivity contribution < 1.29 is 4.79 Å². The largest absolute Gasteiger partial charge is 0.326 e. The minimum absolute atomic E-state index is 0.0387. The van der Waals surface area contributed by atoms with Gasteiger partial charge in [0.2, 0.25) is 11.5 Å². The molecule has 1 heterocycles. The van der Waals surface area contributed by atoms with E-state index in [2.05, 4.69) is 10.3 Å². The normalized spacial score (nSPS) is 10.7. The zero-order valence-corrected chi connectivity index (χ0v) is 12.9. The zero-order chi connectivity index (χ0) is 16.2. The standard InChI is InChI=1S/C19H18N2O2/c1-13-11-19(23)21-17-12-15(8-9-16(13)17)20-18(22)10-7-14-5-3-2-4-6-14/h2-6,8-9,11-12H,7,10H2,1H3,(H,20,22)(H,21,23). The Labute approximate surface area is 134 Å². The van der Waals surface area contributed by atoms with E-state index in [0.29, 0.717) is 18.5 Å². The lowest BCUT2D eigenvalue weighted by Crippen LogP contribution is -2.12. The highest BCUT2D eigenvalue weighted by atomic mass is 16.1. The molecular formula is C19H18N2O2. The number of carbonyl (C=O) groups excluding carboxylic acids is 1. The van der Waals surface area contributed by atoms with Crippen molar-refractivity contribution in [3.8, 4) is 0 Å². The van der Waals surface area contributed by atoms with E-state index in [-0.39, 0.29) is 11.5 Å². The number of hydrogen-bond donors (Lipinski definition) is 2. The number of aromatic nitrogens is 1. The smallest absolute Gasteiger partial charge is 0.248 e. The molecule has 0 fully saturated rings. The van der Waals surface area contributed by atoms with E-state index in [1.165, 1.54) is 0 Å². The summed E-state index contributed by atoms with van der Waals surface area (Å²) in [6.07, 6.45) is 1.13. The number of fused-ring (bicyclic) bond motifs is 1. The first kappa shape index (κ1) is 15.0. The highest BCUT2D eigenvalue weighted by Crippen LogP contribution is 2.19. The number of nitrogens with one attached hydrogen (secondary N) is 2. The summed E-state index contributed by atoms with van der Waals surface area (Å²) in [5.41, 5.74) is 3.35. The van der Waals surface area contributed by atoms with E-state index >= 15 is 0 Å². The van der Waals surface area contributed by atoms with E-state index in [4.69, 9.17) is 0 Å². The summed E-state index contributed by atoms with van der Waals surface area (Å²) in [6.45, 7) is 1.90. The molecule has 3 aromatic rings. The van der Waals surface area contributed by atoms with Crippen LogP contribution in [0, 0.1) is 6.92 Å². The zero-order valence-electron chi connectivity index (χ0n) is 12.9. The van der Waals surface area contributed by atoms with Gasteiger partial charge in [-0.2, -0.15) is 0 Å². The quantitative estimate of drug-likeness (QED) is 0.776. The Hall–Kier alpha value is -2.88. The minimum atomic E-state index is -0.137. The SMILES string of the molecule is Cc1cc(=O)[nH]c2cc(NC(=O)CCc3ccccc3)ccc12. The fourth-order valence-corrected chi connectivity index (χ4v) is 2.64. The lowest BCUT2D eigenvalue weighted by atomic mass is 10.1. The van der Waals surface area contributed by atoms with Crippen LogP contribution < -0.4 is 10.9 Å². The van der Waals surface area contributed by atoms with Crippen LogP contribution in [0.1, 0.15) is 17.5 Å². The number of rotatable bonds is 4. The first-order valence-electron chi connectivity index (χ1n) is 7.59. The molecule has 0 saturated carbocycles. The van der Waals surface area contributed by atoms with Gasteiger partial charge < -0.3 is 10.3 Å². The van der Waals surface area contributed by atoms with Crippen molar-refractivity contribution in [3.05, 3.63) is 76.1 Å². The first-order valence-corrected chi connectivity index (χ1v) is 7.59. The summed E-state index contributed by atoms with van der Waals surface area (Å²) in [7, 11) is 0. The van der Waals surface area contributed by atoms with E-state index in [1.807, 2.05) is 49.4 Å². The lowest BCUT2D eigenvalue weighted by molar-refractivity contribution is -0.116. The summed E-state index contributed by atoms with van der Waals surface area (Å²) >= 11 is 0. The highest BCUT2D eigenvalue weighted by molar-refractivity contribution is 5.94. The van der Waals surface area contributed by atoms with Crippen molar-refractivity contribution >= 4 is 22.5 Å². The average Bonchev–Trinajstić information content (AvgIpc) is 2.53. The fourth-order valence-electron chi connectivity index (χ4n) is 2.64. The average molecular weight is 306 g/mol. The fraction of sp³-hybridized carbons (Fsp3) is 0.158. The second-order valence-corrected chi connectivity index (χ2v) is 5.61. The van der Waals surface area contributed by atoms with Gasteiger partial charge in [0.15, 0.2) is 0 Å². The number of aryl methyl sites for hydroxylation is 2. The van der Waals surface area contributed by atoms with Gasteiger partial charge in [0.1, 0.15) is 0 Å². The third-order valence-corrected chi connectivity index (χ3v) is 3.82. The number of carbonyl (C=O) groups is 1. The van der Waals surface area contributed by atoms with Gasteiger partial charge in [-0.1, -0.05) is 36.4 Å². The number of amides is 1. The first-order chi connectivity index (χ1) is 11.1. The third kappa shape index (κ3) is 3.66. The number of pyridine rings is 1. The summed E-state index contributed by atoms with van der Waals surface area (Å²) in [4.78, 5) is 26.4. The van der Waals surface area contributed by atoms with Gasteiger partial charge in [-0.3, -0.25) is 9.59 Å². The monoisotopic (exact) mass is 306 g/mol. The maximum Gasteiger partial charge on any atom is 0.248 e. The van der Waals surface area contributed by atoms with Gasteiger partial charge in [0.25, 0.3) is 0 Å². The molecule has 0 saturated heterocycles. The van der Waals surface area contributed by atoms with Crippen LogP contribution in [0.25, 0.3) is 10.9 Å². The van der Waals surface area contributed by atoms with Crippen molar-refractivity contribution in [3.63, 3.8) is 0 Å². The molecule has 116 valence electrons. The Morgan fingerprint density at radius 1 is 1.09 bits per heavy atom. The molecule has 0 bridgehead atoms. The second kappa shape index (κ2) is 6.48. The molecule has 2 N–H and O–H groups in total. The predicted octanol–water partition coefficient (Wildman–Crippen LogP) is 3.41. The third-order valence-electron chi connectivity index (χ3n) is 3.82. The summed E-state index contributed by atoms with van der Waals surface area (Å²) < 4.78 is 0. The molecule has 2 aromatic carbocycles. The molecule has 3 rings (SSSR count). The maximum atomic E-state index is 12.1. The lowest BCUT2D eigenvalue weighted by Gasteiger charge is -2.08. The molecule has 0 aliphatic rings. The van der Waals surface area contributed by atoms with Gasteiger partial charge in [0, 0.05) is 23.6 Å². The van der Waals surface area contributed by atoms with Gasteiger partial charge in [-0.15, -0.1) is 0 Å². The molecule has 0 aliphatic heterocycles. The van der Waals surface area contributed by atoms with Gasteiger partial charge >= 0.3 is 0 Å². The van der Waals surface area contributed by atoms with Crippen molar-refractivity contribution in [1.29, 1.82) is 0 Å². The van der Waals surface area contributed by atoms with Crippen LogP contribution in [0.3, 0.4) is 0 Å². The number of benzene rings is 2. The van der Waals surface area contributed by atoms with Crippen molar-refractivity contribution in [2.24, 2.45) is 0 Å². The number of hydrogen-bond acceptors (Lipinski definition) is 2. The van der Waals surface area contributed by atoms with E-state index in [1.54, 1.807) is 12.1 Å². The Morgan fingerprint density at radius 2 is 1.87 bits per heavy atom. The Balaban J connectivity index is 1.71. The Kier molecular flexibility index (Phi) is 4.24. The molecule has 23 heavy (non-hydrogen) atoms. The maximum absolute atomic E-state index is 12.1. The predicted molar refractivity (Wildman–Crippen MR) is 92.7 cm³/mol. The van der Waals surface area contributed by atoms with Crippen LogP contribution in [0.15, 0.2) is 59.4 Å². The van der Waals surface area contributed by atoms with E-state index in [9.17, 15) is 9.59 Å². The van der Waals surface area contributed by atoms with Crippen molar-refractivity contribution in [1.82, 2.24) is 4.98 Å². The van der Waals surface area contributed by atoms with Crippen molar-refractivity contribution in [2.45, 2.75) is 19.8 Å². The van der Waals surface area contributed by atoms with Crippen LogP contribution in [0.4, 0.5) is 5.69 Å². The number of aromatic amines is 1. The van der Waals surface area contributed by atoms with Crippen molar-refractivity contribution in [2.75, 3.05) is 5.32 Å². The van der Waals surface area contributed by atoms with Crippen LogP contribution in [-0.4, -0.2) is 10.9 Å². The van der Waals surface area contributed by atoms with Crippen LogP contribution in [0.5, 0.6) is 0 Å². The molecule has 0 radical (unpaired) electrons. The molecule has 4 nitrogen and oxygen atoms in total.